The van der Waals surface area contributed by atoms with E-state index in [9.17, 15) is 4.79 Å². The fourth-order valence-electron chi connectivity index (χ4n) is 2.08. The van der Waals surface area contributed by atoms with Gasteiger partial charge in [-0.2, -0.15) is 0 Å². The van der Waals surface area contributed by atoms with Gasteiger partial charge in [0.2, 0.25) is 0 Å². The number of carbonyl (C=O) groups is 1. The zero-order chi connectivity index (χ0) is 12.4. The maximum absolute atomic E-state index is 12.2. The summed E-state index contributed by atoms with van der Waals surface area (Å²) in [5.41, 5.74) is 0.571. The first kappa shape index (κ1) is 11.3. The summed E-state index contributed by atoms with van der Waals surface area (Å²) in [6.07, 6.45) is 1.99. The van der Waals surface area contributed by atoms with Crippen LogP contribution in [-0.4, -0.2) is 37.3 Å². The highest BCUT2D eigenvalue weighted by Gasteiger charge is 2.21. The van der Waals surface area contributed by atoms with Crippen molar-refractivity contribution in [3.63, 3.8) is 0 Å². The lowest BCUT2D eigenvalue weighted by molar-refractivity contribution is -0.144. The molecule has 18 heavy (non-hydrogen) atoms. The van der Waals surface area contributed by atoms with Crippen LogP contribution in [0.2, 0.25) is 0 Å². The molecule has 0 spiro atoms. The molecule has 1 fully saturated rings. The molecule has 1 aromatic carbocycles. The van der Waals surface area contributed by atoms with Crippen molar-refractivity contribution in [2.45, 2.75) is 12.8 Å². The van der Waals surface area contributed by atoms with Crippen molar-refractivity contribution >= 4 is 5.91 Å². The normalized spacial score (nSPS) is 18.6. The molecule has 1 aromatic rings. The highest BCUT2D eigenvalue weighted by Crippen LogP contribution is 2.31. The smallest absolute Gasteiger partial charge is 0.277 e. The number of hydrogen-bond acceptors (Lipinski definition) is 4. The summed E-state index contributed by atoms with van der Waals surface area (Å²) in [5, 5.41) is 1.43. The molecule has 0 saturated carbocycles. The molecule has 0 aromatic heterocycles. The maximum atomic E-state index is 12.2. The van der Waals surface area contributed by atoms with E-state index in [4.69, 9.17) is 14.3 Å². The van der Waals surface area contributed by atoms with Crippen LogP contribution in [0.25, 0.3) is 0 Å². The van der Waals surface area contributed by atoms with Gasteiger partial charge >= 0.3 is 0 Å². The third-order valence-electron chi connectivity index (χ3n) is 3.02. The number of amides is 1. The van der Waals surface area contributed by atoms with E-state index in [1.54, 1.807) is 18.2 Å². The largest absolute Gasteiger partial charge is 0.486 e. The molecular formula is C13H15NO4. The number of hydrogen-bond donors (Lipinski definition) is 0. The molecule has 96 valence electrons. The lowest BCUT2D eigenvalue weighted by atomic mass is 10.1. The van der Waals surface area contributed by atoms with Crippen LogP contribution in [-0.2, 0) is 4.84 Å². The molecule has 0 N–H and O–H groups in total. The van der Waals surface area contributed by atoms with Crippen molar-refractivity contribution in [3.05, 3.63) is 23.8 Å². The Labute approximate surface area is 105 Å². The average Bonchev–Trinajstić information content (AvgIpc) is 2.47. The zero-order valence-corrected chi connectivity index (χ0v) is 10.1. The molecule has 5 nitrogen and oxygen atoms in total. The second-order valence-electron chi connectivity index (χ2n) is 4.31. The monoisotopic (exact) mass is 249 g/mol. The summed E-state index contributed by atoms with van der Waals surface area (Å²) < 4.78 is 10.9. The van der Waals surface area contributed by atoms with Gasteiger partial charge < -0.3 is 9.47 Å². The Kier molecular flexibility index (Phi) is 3.06. The van der Waals surface area contributed by atoms with E-state index in [1.165, 1.54) is 5.06 Å². The van der Waals surface area contributed by atoms with Crippen LogP contribution in [0.15, 0.2) is 18.2 Å². The van der Waals surface area contributed by atoms with Crippen LogP contribution in [0.4, 0.5) is 0 Å². The Bertz CT molecular complexity index is 454. The molecule has 2 heterocycles. The van der Waals surface area contributed by atoms with Crippen molar-refractivity contribution in [1.82, 2.24) is 5.06 Å². The molecule has 0 atom stereocenters. The summed E-state index contributed by atoms with van der Waals surface area (Å²) in [7, 11) is 0. The Balaban J connectivity index is 1.80. The predicted molar refractivity (Wildman–Crippen MR) is 63.7 cm³/mol. The third kappa shape index (κ3) is 2.13. The van der Waals surface area contributed by atoms with Gasteiger partial charge in [-0.15, -0.1) is 0 Å². The second-order valence-corrected chi connectivity index (χ2v) is 4.31. The summed E-state index contributed by atoms with van der Waals surface area (Å²) in [6.45, 7) is 2.32. The fourth-order valence-corrected chi connectivity index (χ4v) is 2.08. The van der Waals surface area contributed by atoms with Gasteiger partial charge in [0.15, 0.2) is 11.5 Å². The van der Waals surface area contributed by atoms with Crippen molar-refractivity contribution in [1.29, 1.82) is 0 Å². The summed E-state index contributed by atoms with van der Waals surface area (Å²) in [6, 6.07) is 5.23. The second kappa shape index (κ2) is 4.86. The first-order valence-corrected chi connectivity index (χ1v) is 6.19. The van der Waals surface area contributed by atoms with E-state index < -0.39 is 0 Å². The Morgan fingerprint density at radius 2 is 1.89 bits per heavy atom. The average molecular weight is 249 g/mol. The number of ether oxygens (including phenoxy) is 2. The van der Waals surface area contributed by atoms with Crippen molar-refractivity contribution in [2.24, 2.45) is 0 Å². The van der Waals surface area contributed by atoms with Crippen molar-refractivity contribution in [2.75, 3.05) is 26.4 Å². The molecule has 3 rings (SSSR count). The first-order chi connectivity index (χ1) is 8.84. The van der Waals surface area contributed by atoms with E-state index in [0.717, 1.165) is 12.8 Å². The lowest BCUT2D eigenvalue weighted by Gasteiger charge is -2.26. The van der Waals surface area contributed by atoms with E-state index in [-0.39, 0.29) is 5.91 Å². The predicted octanol–water partition coefficient (Wildman–Crippen LogP) is 1.63. The number of rotatable bonds is 1. The number of hydroxylamine groups is 2. The first-order valence-electron chi connectivity index (χ1n) is 6.19. The van der Waals surface area contributed by atoms with E-state index in [1.807, 2.05) is 0 Å². The molecule has 5 heteroatoms. The fraction of sp³-hybridized carbons (Fsp3) is 0.462. The molecule has 0 bridgehead atoms. The molecule has 1 amide bonds. The topological polar surface area (TPSA) is 48.0 Å². The SMILES string of the molecule is O=C(c1ccc2c(c1)OCCO2)N1CCCCO1. The Morgan fingerprint density at radius 3 is 2.67 bits per heavy atom. The minimum absolute atomic E-state index is 0.119. The van der Waals surface area contributed by atoms with Gasteiger partial charge in [0.1, 0.15) is 13.2 Å². The van der Waals surface area contributed by atoms with E-state index >= 15 is 0 Å². The number of nitrogens with zero attached hydrogens (tertiary/aromatic N) is 1. The molecule has 2 aliphatic rings. The number of benzene rings is 1. The highest BCUT2D eigenvalue weighted by molar-refractivity contribution is 5.94. The van der Waals surface area contributed by atoms with Gasteiger partial charge in [0, 0.05) is 12.1 Å². The van der Waals surface area contributed by atoms with E-state index in [0.29, 0.717) is 43.4 Å². The lowest BCUT2D eigenvalue weighted by Crippen LogP contribution is -2.35. The standard InChI is InChI=1S/C13H15NO4/c15-13(14-5-1-2-6-18-14)10-3-4-11-12(9-10)17-8-7-16-11/h3-4,9H,1-2,5-8H2. The van der Waals surface area contributed by atoms with Gasteiger partial charge in [0.25, 0.3) is 5.91 Å². The van der Waals surface area contributed by atoms with Gasteiger partial charge in [-0.1, -0.05) is 0 Å². The Morgan fingerprint density at radius 1 is 1.06 bits per heavy atom. The number of carbonyl (C=O) groups excluding carboxylic acids is 1. The zero-order valence-electron chi connectivity index (χ0n) is 10.1. The molecular weight excluding hydrogens is 234 g/mol. The van der Waals surface area contributed by atoms with Crippen LogP contribution in [0.1, 0.15) is 23.2 Å². The van der Waals surface area contributed by atoms with Crippen LogP contribution in [0, 0.1) is 0 Å². The van der Waals surface area contributed by atoms with Gasteiger partial charge in [0.05, 0.1) is 6.61 Å². The molecule has 2 aliphatic heterocycles. The van der Waals surface area contributed by atoms with Crippen molar-refractivity contribution in [3.8, 4) is 11.5 Å². The van der Waals surface area contributed by atoms with Crippen LogP contribution >= 0.6 is 0 Å². The minimum atomic E-state index is -0.119. The highest BCUT2D eigenvalue weighted by atomic mass is 16.7. The summed E-state index contributed by atoms with van der Waals surface area (Å²) >= 11 is 0. The third-order valence-corrected chi connectivity index (χ3v) is 3.02. The quantitative estimate of drug-likeness (QED) is 0.759. The van der Waals surface area contributed by atoms with E-state index in [2.05, 4.69) is 0 Å². The Hall–Kier alpha value is -1.75. The van der Waals surface area contributed by atoms with Gasteiger partial charge in [-0.3, -0.25) is 9.63 Å². The maximum Gasteiger partial charge on any atom is 0.277 e. The summed E-state index contributed by atoms with van der Waals surface area (Å²) in [5.74, 6) is 1.20. The minimum Gasteiger partial charge on any atom is -0.486 e. The van der Waals surface area contributed by atoms with Gasteiger partial charge in [-0.05, 0) is 31.0 Å². The van der Waals surface area contributed by atoms with Crippen LogP contribution in [0.5, 0.6) is 11.5 Å². The van der Waals surface area contributed by atoms with Crippen LogP contribution < -0.4 is 9.47 Å². The molecule has 0 unspecified atom stereocenters. The molecule has 0 aliphatic carbocycles. The summed E-state index contributed by atoms with van der Waals surface area (Å²) in [4.78, 5) is 17.5. The molecule has 0 radical (unpaired) electrons. The van der Waals surface area contributed by atoms with Crippen molar-refractivity contribution < 1.29 is 19.1 Å². The van der Waals surface area contributed by atoms with Gasteiger partial charge in [-0.25, -0.2) is 5.06 Å². The van der Waals surface area contributed by atoms with Crippen LogP contribution in [0.3, 0.4) is 0 Å². The number of fused-ring (bicyclic) bond motifs is 1. The molecule has 1 saturated heterocycles.